The predicted molar refractivity (Wildman–Crippen MR) is 118 cm³/mol. The molecule has 4 rings (SSSR count). The van der Waals surface area contributed by atoms with E-state index < -0.39 is 0 Å². The van der Waals surface area contributed by atoms with Crippen molar-refractivity contribution >= 4 is 17.7 Å². The maximum absolute atomic E-state index is 12.7. The van der Waals surface area contributed by atoms with Gasteiger partial charge in [0, 0.05) is 18.5 Å². The largest absolute Gasteiger partial charge is 0.331 e. The summed E-state index contributed by atoms with van der Waals surface area (Å²) in [7, 11) is 0. The third kappa shape index (κ3) is 4.84. The van der Waals surface area contributed by atoms with Gasteiger partial charge in [0.05, 0.1) is 38.0 Å². The molecule has 0 bridgehead atoms. The molecule has 1 N–H and O–H groups in total. The molecule has 2 saturated heterocycles. The van der Waals surface area contributed by atoms with Crippen molar-refractivity contribution in [3.05, 3.63) is 35.4 Å². The van der Waals surface area contributed by atoms with Crippen LogP contribution in [0.4, 0.5) is 0 Å². The lowest BCUT2D eigenvalue weighted by molar-refractivity contribution is -0.917. The van der Waals surface area contributed by atoms with Gasteiger partial charge in [-0.2, -0.15) is 0 Å². The van der Waals surface area contributed by atoms with Crippen molar-refractivity contribution in [1.82, 2.24) is 9.80 Å². The number of carbonyl (C=O) groups is 3. The Bertz CT molecular complexity index is 788. The Kier molecular flexibility index (Phi) is 6.75. The van der Waals surface area contributed by atoms with Gasteiger partial charge in [-0.1, -0.05) is 51.0 Å². The van der Waals surface area contributed by atoms with Gasteiger partial charge in [0.25, 0.3) is 0 Å². The van der Waals surface area contributed by atoms with E-state index in [1.54, 1.807) is 0 Å². The molecule has 0 spiro atoms. The van der Waals surface area contributed by atoms with Crippen molar-refractivity contribution in [2.45, 2.75) is 58.4 Å². The molecule has 2 aliphatic heterocycles. The van der Waals surface area contributed by atoms with Crippen molar-refractivity contribution < 1.29 is 19.3 Å². The Hall–Kier alpha value is -2.21. The van der Waals surface area contributed by atoms with Gasteiger partial charge in [-0.15, -0.1) is 0 Å². The molecule has 1 aromatic rings. The van der Waals surface area contributed by atoms with Gasteiger partial charge in [0.1, 0.15) is 6.54 Å². The van der Waals surface area contributed by atoms with Crippen LogP contribution in [0.15, 0.2) is 24.3 Å². The van der Waals surface area contributed by atoms with Crippen molar-refractivity contribution in [1.29, 1.82) is 0 Å². The molecular weight excluding hydrogens is 390 g/mol. The predicted octanol–water partition coefficient (Wildman–Crippen LogP) is 1.60. The molecule has 2 heterocycles. The van der Waals surface area contributed by atoms with E-state index in [0.29, 0.717) is 5.92 Å². The SMILES string of the molecule is CC(C)c1ccc(C[NH+]2CCN(C(=O)CCN3C(=O)[C@H]4CCCC[C@H]4C3=O)CC2)cc1. The Morgan fingerprint density at radius 3 is 2.13 bits per heavy atom. The van der Waals surface area contributed by atoms with E-state index in [0.717, 1.165) is 58.4 Å². The van der Waals surface area contributed by atoms with Gasteiger partial charge in [0.15, 0.2) is 0 Å². The summed E-state index contributed by atoms with van der Waals surface area (Å²) in [5.41, 5.74) is 2.70. The molecule has 0 aromatic heterocycles. The van der Waals surface area contributed by atoms with Gasteiger partial charge in [-0.25, -0.2) is 0 Å². The summed E-state index contributed by atoms with van der Waals surface area (Å²) in [5.74, 6) is 0.277. The molecule has 1 aliphatic carbocycles. The van der Waals surface area contributed by atoms with Crippen LogP contribution in [0.5, 0.6) is 0 Å². The van der Waals surface area contributed by atoms with Crippen molar-refractivity contribution in [3.8, 4) is 0 Å². The first kappa shape index (κ1) is 22.0. The number of rotatable bonds is 6. The van der Waals surface area contributed by atoms with Crippen LogP contribution in [0, 0.1) is 11.8 Å². The Labute approximate surface area is 185 Å². The number of hydrogen-bond donors (Lipinski definition) is 1. The lowest BCUT2D eigenvalue weighted by atomic mass is 9.81. The van der Waals surface area contributed by atoms with Crippen LogP contribution in [0.3, 0.4) is 0 Å². The van der Waals surface area contributed by atoms with Crippen molar-refractivity contribution in [2.24, 2.45) is 11.8 Å². The summed E-state index contributed by atoms with van der Waals surface area (Å²) >= 11 is 0. The minimum Gasteiger partial charge on any atom is -0.331 e. The first-order valence-corrected chi connectivity index (χ1v) is 12.0. The van der Waals surface area contributed by atoms with E-state index in [1.165, 1.54) is 20.9 Å². The highest BCUT2D eigenvalue weighted by Crippen LogP contribution is 2.38. The minimum atomic E-state index is -0.127. The number of piperazine rings is 1. The third-order valence-electron chi connectivity index (χ3n) is 7.41. The standard InChI is InChI=1S/C25H35N3O3/c1-18(2)20-9-7-19(8-10-20)17-26-13-15-27(16-14-26)23(29)11-12-28-24(30)21-5-3-4-6-22(21)25(28)31/h7-10,18,21-22H,3-6,11-17H2,1-2H3/p+1/t21-,22+. The number of amides is 3. The maximum atomic E-state index is 12.7. The fraction of sp³-hybridized carbons (Fsp3) is 0.640. The fourth-order valence-electron chi connectivity index (χ4n) is 5.38. The zero-order chi connectivity index (χ0) is 22.0. The number of benzene rings is 1. The summed E-state index contributed by atoms with van der Waals surface area (Å²) in [4.78, 5) is 42.7. The van der Waals surface area contributed by atoms with E-state index in [2.05, 4.69) is 38.1 Å². The first-order valence-electron chi connectivity index (χ1n) is 12.0. The molecule has 1 saturated carbocycles. The molecule has 3 fully saturated rings. The summed E-state index contributed by atoms with van der Waals surface area (Å²) in [6, 6.07) is 8.88. The average Bonchev–Trinajstić information content (AvgIpc) is 3.03. The Morgan fingerprint density at radius 2 is 1.58 bits per heavy atom. The second kappa shape index (κ2) is 9.51. The topological polar surface area (TPSA) is 62.1 Å². The number of nitrogens with one attached hydrogen (secondary N) is 1. The Morgan fingerprint density at radius 1 is 1.00 bits per heavy atom. The third-order valence-corrected chi connectivity index (χ3v) is 7.41. The molecule has 0 unspecified atom stereocenters. The van der Waals surface area contributed by atoms with Crippen LogP contribution in [0.2, 0.25) is 0 Å². The van der Waals surface area contributed by atoms with Gasteiger partial charge in [0.2, 0.25) is 17.7 Å². The maximum Gasteiger partial charge on any atom is 0.233 e. The lowest BCUT2D eigenvalue weighted by Gasteiger charge is -2.32. The minimum absolute atomic E-state index is 0.0414. The summed E-state index contributed by atoms with van der Waals surface area (Å²) in [6.45, 7) is 9.00. The molecule has 3 aliphatic rings. The van der Waals surface area contributed by atoms with Crippen LogP contribution < -0.4 is 4.90 Å². The number of imide groups is 1. The summed E-state index contributed by atoms with van der Waals surface area (Å²) in [6.07, 6.45) is 3.96. The molecular formula is C25H36N3O3+. The monoisotopic (exact) mass is 426 g/mol. The number of carbonyl (C=O) groups excluding carboxylic acids is 3. The summed E-state index contributed by atoms with van der Waals surface area (Å²) in [5, 5.41) is 0. The molecule has 2 atom stereocenters. The van der Waals surface area contributed by atoms with E-state index in [4.69, 9.17) is 0 Å². The lowest BCUT2D eigenvalue weighted by Crippen LogP contribution is -3.13. The van der Waals surface area contributed by atoms with Gasteiger partial charge >= 0.3 is 0 Å². The second-order valence-corrected chi connectivity index (χ2v) is 9.78. The van der Waals surface area contributed by atoms with Crippen LogP contribution in [0.25, 0.3) is 0 Å². The number of hydrogen-bond acceptors (Lipinski definition) is 3. The number of likely N-dealkylation sites (tertiary alicyclic amines) is 1. The van der Waals surface area contributed by atoms with Gasteiger partial charge in [-0.05, 0) is 24.3 Å². The van der Waals surface area contributed by atoms with E-state index in [-0.39, 0.29) is 42.5 Å². The normalized spacial score (nSPS) is 24.7. The van der Waals surface area contributed by atoms with Crippen LogP contribution >= 0.6 is 0 Å². The average molecular weight is 427 g/mol. The van der Waals surface area contributed by atoms with Crippen molar-refractivity contribution in [2.75, 3.05) is 32.7 Å². The number of fused-ring (bicyclic) bond motifs is 1. The number of quaternary nitrogens is 1. The van der Waals surface area contributed by atoms with Gasteiger partial charge in [-0.3, -0.25) is 19.3 Å². The smallest absolute Gasteiger partial charge is 0.233 e. The van der Waals surface area contributed by atoms with Crippen molar-refractivity contribution in [3.63, 3.8) is 0 Å². The molecule has 3 amide bonds. The van der Waals surface area contributed by atoms with E-state index in [1.807, 2.05) is 4.90 Å². The fourth-order valence-corrected chi connectivity index (χ4v) is 5.38. The van der Waals surface area contributed by atoms with Crippen LogP contribution in [0.1, 0.15) is 63.0 Å². The molecule has 6 heteroatoms. The zero-order valence-corrected chi connectivity index (χ0v) is 18.9. The molecule has 6 nitrogen and oxygen atoms in total. The second-order valence-electron chi connectivity index (χ2n) is 9.78. The highest BCUT2D eigenvalue weighted by molar-refractivity contribution is 6.05. The van der Waals surface area contributed by atoms with Gasteiger partial charge < -0.3 is 9.80 Å². The molecule has 168 valence electrons. The molecule has 31 heavy (non-hydrogen) atoms. The quantitative estimate of drug-likeness (QED) is 0.703. The zero-order valence-electron chi connectivity index (χ0n) is 18.9. The van der Waals surface area contributed by atoms with E-state index >= 15 is 0 Å². The van der Waals surface area contributed by atoms with Crippen LogP contribution in [-0.2, 0) is 20.9 Å². The summed E-state index contributed by atoms with van der Waals surface area (Å²) < 4.78 is 0. The highest BCUT2D eigenvalue weighted by Gasteiger charge is 2.47. The highest BCUT2D eigenvalue weighted by atomic mass is 16.2. The number of nitrogens with zero attached hydrogens (tertiary/aromatic N) is 2. The van der Waals surface area contributed by atoms with Crippen LogP contribution in [-0.4, -0.2) is 60.2 Å². The Balaban J connectivity index is 1.22. The van der Waals surface area contributed by atoms with E-state index in [9.17, 15) is 14.4 Å². The molecule has 1 aromatic carbocycles. The first-order chi connectivity index (χ1) is 14.9. The molecule has 0 radical (unpaired) electrons.